The fourth-order valence-electron chi connectivity index (χ4n) is 3.95. The molecule has 2 aromatic carbocycles. The van der Waals surface area contributed by atoms with Gasteiger partial charge in [-0.15, -0.1) is 0 Å². The molecule has 2 aromatic rings. The fraction of sp³-hybridized carbons (Fsp3) is 0.364. The summed E-state index contributed by atoms with van der Waals surface area (Å²) in [4.78, 5) is 26.4. The molecule has 0 bridgehead atoms. The number of amides is 2. The zero-order valence-electron chi connectivity index (χ0n) is 15.4. The van der Waals surface area contributed by atoms with Crippen molar-refractivity contribution in [3.05, 3.63) is 71.8 Å². The molecule has 1 fully saturated rings. The van der Waals surface area contributed by atoms with Gasteiger partial charge in [0.1, 0.15) is 0 Å². The first-order chi connectivity index (χ1) is 12.6. The Morgan fingerprint density at radius 2 is 1.62 bits per heavy atom. The third-order valence-corrected chi connectivity index (χ3v) is 5.42. The summed E-state index contributed by atoms with van der Waals surface area (Å²) in [5, 5.41) is 2.68. The summed E-state index contributed by atoms with van der Waals surface area (Å²) in [6.07, 6.45) is 1.27. The van der Waals surface area contributed by atoms with Crippen molar-refractivity contribution in [1.82, 2.24) is 10.2 Å². The molecule has 1 aliphatic heterocycles. The van der Waals surface area contributed by atoms with Crippen LogP contribution in [0, 0.1) is 5.92 Å². The smallest absolute Gasteiger partial charge is 0.224 e. The van der Waals surface area contributed by atoms with Crippen LogP contribution >= 0.6 is 0 Å². The molecule has 0 saturated carbocycles. The topological polar surface area (TPSA) is 49.4 Å². The van der Waals surface area contributed by atoms with Crippen LogP contribution in [0.5, 0.6) is 0 Å². The number of rotatable bonds is 5. The zero-order valence-corrected chi connectivity index (χ0v) is 15.4. The molecule has 1 heterocycles. The van der Waals surface area contributed by atoms with Gasteiger partial charge in [-0.05, 0) is 17.5 Å². The lowest BCUT2D eigenvalue weighted by Crippen LogP contribution is -2.51. The van der Waals surface area contributed by atoms with Crippen LogP contribution in [0.1, 0.15) is 30.9 Å². The van der Waals surface area contributed by atoms with Gasteiger partial charge in [0.05, 0.1) is 5.92 Å². The standard InChI is InChI=1S/C22H26N2O2/c1-17(21(26)23-2)15-24-16-22(14-13-20(24)25,18-9-5-3-6-10-18)19-11-7-4-8-12-19/h3-12,17H,13-16H2,1-2H3,(H,23,26)/t17-/m0/s1. The van der Waals surface area contributed by atoms with Crippen LogP contribution in [-0.4, -0.2) is 36.9 Å². The molecule has 1 atom stereocenters. The molecule has 0 aromatic heterocycles. The lowest BCUT2D eigenvalue weighted by molar-refractivity contribution is -0.136. The zero-order chi connectivity index (χ0) is 18.6. The Labute approximate surface area is 155 Å². The van der Waals surface area contributed by atoms with Gasteiger partial charge < -0.3 is 10.2 Å². The number of nitrogens with one attached hydrogen (secondary N) is 1. The van der Waals surface area contributed by atoms with Gasteiger partial charge in [0.25, 0.3) is 0 Å². The lowest BCUT2D eigenvalue weighted by atomic mass is 9.69. The van der Waals surface area contributed by atoms with Crippen molar-refractivity contribution in [1.29, 1.82) is 0 Å². The lowest BCUT2D eigenvalue weighted by Gasteiger charge is -2.44. The summed E-state index contributed by atoms with van der Waals surface area (Å²) in [5.41, 5.74) is 2.20. The van der Waals surface area contributed by atoms with Gasteiger partial charge in [-0.2, -0.15) is 0 Å². The Balaban J connectivity index is 1.97. The van der Waals surface area contributed by atoms with Gasteiger partial charge in [-0.25, -0.2) is 0 Å². The molecule has 4 heteroatoms. The molecule has 0 unspecified atom stereocenters. The van der Waals surface area contributed by atoms with E-state index in [2.05, 4.69) is 29.6 Å². The van der Waals surface area contributed by atoms with E-state index >= 15 is 0 Å². The van der Waals surface area contributed by atoms with Crippen molar-refractivity contribution in [3.8, 4) is 0 Å². The number of piperidine rings is 1. The number of hydrogen-bond acceptors (Lipinski definition) is 2. The maximum absolute atomic E-state index is 12.6. The second-order valence-corrected chi connectivity index (χ2v) is 7.10. The number of likely N-dealkylation sites (tertiary alicyclic amines) is 1. The monoisotopic (exact) mass is 350 g/mol. The highest BCUT2D eigenvalue weighted by atomic mass is 16.2. The van der Waals surface area contributed by atoms with E-state index in [0.717, 1.165) is 6.42 Å². The van der Waals surface area contributed by atoms with E-state index in [0.29, 0.717) is 19.5 Å². The van der Waals surface area contributed by atoms with Crippen LogP contribution in [0.4, 0.5) is 0 Å². The summed E-state index contributed by atoms with van der Waals surface area (Å²) < 4.78 is 0. The van der Waals surface area contributed by atoms with Gasteiger partial charge in [0.15, 0.2) is 0 Å². The van der Waals surface area contributed by atoms with E-state index in [1.54, 1.807) is 7.05 Å². The molecular formula is C22H26N2O2. The second-order valence-electron chi connectivity index (χ2n) is 7.10. The summed E-state index contributed by atoms with van der Waals surface area (Å²) in [7, 11) is 1.63. The van der Waals surface area contributed by atoms with Gasteiger partial charge in [0, 0.05) is 32.0 Å². The average molecular weight is 350 g/mol. The minimum atomic E-state index is -0.237. The van der Waals surface area contributed by atoms with Gasteiger partial charge in [0.2, 0.25) is 11.8 Å². The predicted octanol–water partition coefficient (Wildman–Crippen LogP) is 2.98. The first kappa shape index (κ1) is 18.2. The van der Waals surface area contributed by atoms with Crippen molar-refractivity contribution < 1.29 is 9.59 Å². The Morgan fingerprint density at radius 3 is 2.12 bits per heavy atom. The minimum absolute atomic E-state index is 0.0339. The molecule has 0 aliphatic carbocycles. The molecule has 1 N–H and O–H groups in total. The Kier molecular flexibility index (Phi) is 5.40. The van der Waals surface area contributed by atoms with Crippen LogP contribution in [0.2, 0.25) is 0 Å². The molecule has 3 rings (SSSR count). The predicted molar refractivity (Wildman–Crippen MR) is 103 cm³/mol. The Bertz CT molecular complexity index is 719. The van der Waals surface area contributed by atoms with Crippen molar-refractivity contribution in [2.45, 2.75) is 25.2 Å². The van der Waals surface area contributed by atoms with Gasteiger partial charge in [-0.3, -0.25) is 9.59 Å². The van der Waals surface area contributed by atoms with E-state index in [1.807, 2.05) is 48.2 Å². The van der Waals surface area contributed by atoms with Crippen molar-refractivity contribution >= 4 is 11.8 Å². The van der Waals surface area contributed by atoms with Crippen LogP contribution in [0.15, 0.2) is 60.7 Å². The van der Waals surface area contributed by atoms with Crippen molar-refractivity contribution in [2.24, 2.45) is 5.92 Å². The minimum Gasteiger partial charge on any atom is -0.359 e. The summed E-state index contributed by atoms with van der Waals surface area (Å²) in [6.45, 7) is 2.91. The number of benzene rings is 2. The number of hydrogen-bond donors (Lipinski definition) is 1. The summed E-state index contributed by atoms with van der Waals surface area (Å²) in [5.74, 6) is -0.136. The van der Waals surface area contributed by atoms with E-state index in [-0.39, 0.29) is 23.1 Å². The third kappa shape index (κ3) is 3.50. The molecule has 1 saturated heterocycles. The average Bonchev–Trinajstić information content (AvgIpc) is 2.70. The number of carbonyl (C=O) groups is 2. The SMILES string of the molecule is CNC(=O)[C@@H](C)CN1CC(c2ccccc2)(c2ccccc2)CCC1=O. The molecule has 136 valence electrons. The highest BCUT2D eigenvalue weighted by Crippen LogP contribution is 2.40. The number of carbonyl (C=O) groups excluding carboxylic acids is 2. The van der Waals surface area contributed by atoms with Crippen LogP contribution in [0.25, 0.3) is 0 Å². The third-order valence-electron chi connectivity index (χ3n) is 5.42. The second kappa shape index (κ2) is 7.73. The van der Waals surface area contributed by atoms with E-state index < -0.39 is 0 Å². The van der Waals surface area contributed by atoms with Gasteiger partial charge >= 0.3 is 0 Å². The first-order valence-electron chi connectivity index (χ1n) is 9.17. The van der Waals surface area contributed by atoms with Crippen LogP contribution < -0.4 is 5.32 Å². The Hall–Kier alpha value is -2.62. The molecule has 2 amide bonds. The van der Waals surface area contributed by atoms with Crippen molar-refractivity contribution in [3.63, 3.8) is 0 Å². The molecule has 1 aliphatic rings. The van der Waals surface area contributed by atoms with E-state index in [4.69, 9.17) is 0 Å². The summed E-state index contributed by atoms with van der Waals surface area (Å²) in [6, 6.07) is 20.8. The molecule has 0 radical (unpaired) electrons. The van der Waals surface area contributed by atoms with Crippen LogP contribution in [-0.2, 0) is 15.0 Å². The highest BCUT2D eigenvalue weighted by molar-refractivity contribution is 5.81. The largest absolute Gasteiger partial charge is 0.359 e. The quantitative estimate of drug-likeness (QED) is 0.901. The van der Waals surface area contributed by atoms with E-state index in [9.17, 15) is 9.59 Å². The maximum Gasteiger partial charge on any atom is 0.224 e. The highest BCUT2D eigenvalue weighted by Gasteiger charge is 2.41. The molecule has 0 spiro atoms. The van der Waals surface area contributed by atoms with Crippen LogP contribution in [0.3, 0.4) is 0 Å². The summed E-state index contributed by atoms with van der Waals surface area (Å²) >= 11 is 0. The molecule has 4 nitrogen and oxygen atoms in total. The number of nitrogens with zero attached hydrogens (tertiary/aromatic N) is 1. The van der Waals surface area contributed by atoms with Crippen molar-refractivity contribution in [2.75, 3.05) is 20.1 Å². The normalized spacial score (nSPS) is 17.6. The Morgan fingerprint density at radius 1 is 1.08 bits per heavy atom. The maximum atomic E-state index is 12.6. The molecule has 26 heavy (non-hydrogen) atoms. The molecular weight excluding hydrogens is 324 g/mol. The van der Waals surface area contributed by atoms with Gasteiger partial charge in [-0.1, -0.05) is 67.6 Å². The van der Waals surface area contributed by atoms with E-state index in [1.165, 1.54) is 11.1 Å². The fourth-order valence-corrected chi connectivity index (χ4v) is 3.95. The first-order valence-corrected chi connectivity index (χ1v) is 9.17.